The summed E-state index contributed by atoms with van der Waals surface area (Å²) >= 11 is 1.55. The molecule has 4 nitrogen and oxygen atoms in total. The van der Waals surface area contributed by atoms with Crippen molar-refractivity contribution in [1.29, 1.82) is 0 Å². The Morgan fingerprint density at radius 3 is 2.53 bits per heavy atom. The minimum atomic E-state index is -0.772. The van der Waals surface area contributed by atoms with Crippen molar-refractivity contribution in [2.75, 3.05) is 18.1 Å². The molecule has 15 heavy (non-hydrogen) atoms. The predicted octanol–water partition coefficient (Wildman–Crippen LogP) is 1.36. The van der Waals surface area contributed by atoms with Crippen LogP contribution in [0.15, 0.2) is 0 Å². The van der Waals surface area contributed by atoms with E-state index in [-0.39, 0.29) is 12.3 Å². The van der Waals surface area contributed by atoms with Gasteiger partial charge in [-0.25, -0.2) is 0 Å². The molecule has 0 unspecified atom stereocenters. The molecular weight excluding hydrogens is 214 g/mol. The highest BCUT2D eigenvalue weighted by Gasteiger charge is 2.03. The van der Waals surface area contributed by atoms with Crippen LogP contribution in [-0.4, -0.2) is 35.0 Å². The molecule has 0 heterocycles. The van der Waals surface area contributed by atoms with Crippen LogP contribution in [0, 0.1) is 5.92 Å². The summed E-state index contributed by atoms with van der Waals surface area (Å²) in [7, 11) is 0. The first-order valence-electron chi connectivity index (χ1n) is 5.08. The average Bonchev–Trinajstić information content (AvgIpc) is 2.09. The monoisotopic (exact) mass is 233 g/mol. The fourth-order valence-corrected chi connectivity index (χ4v) is 1.74. The van der Waals surface area contributed by atoms with Gasteiger partial charge >= 0.3 is 5.97 Å². The van der Waals surface area contributed by atoms with Crippen molar-refractivity contribution in [3.63, 3.8) is 0 Å². The molecule has 0 bridgehead atoms. The van der Waals surface area contributed by atoms with Crippen molar-refractivity contribution in [3.8, 4) is 0 Å². The lowest BCUT2D eigenvalue weighted by Gasteiger charge is -2.06. The van der Waals surface area contributed by atoms with Crippen LogP contribution in [0.5, 0.6) is 0 Å². The number of amides is 1. The van der Waals surface area contributed by atoms with E-state index in [4.69, 9.17) is 5.11 Å². The molecule has 5 heteroatoms. The third-order valence-electron chi connectivity index (χ3n) is 1.62. The molecule has 0 aromatic heterocycles. The molecule has 0 fully saturated rings. The summed E-state index contributed by atoms with van der Waals surface area (Å²) < 4.78 is 0. The molecule has 0 aromatic rings. The first-order valence-corrected chi connectivity index (χ1v) is 6.24. The van der Waals surface area contributed by atoms with Gasteiger partial charge in [-0.1, -0.05) is 13.8 Å². The number of carbonyl (C=O) groups excluding carboxylic acids is 1. The second-order valence-electron chi connectivity index (χ2n) is 3.70. The van der Waals surface area contributed by atoms with Crippen LogP contribution in [0.3, 0.4) is 0 Å². The molecule has 0 saturated carbocycles. The van der Waals surface area contributed by atoms with Crippen molar-refractivity contribution >= 4 is 23.6 Å². The molecule has 0 atom stereocenters. The number of carbonyl (C=O) groups is 2. The Morgan fingerprint density at radius 2 is 2.00 bits per heavy atom. The van der Waals surface area contributed by atoms with Crippen molar-refractivity contribution in [3.05, 3.63) is 0 Å². The van der Waals surface area contributed by atoms with Crippen LogP contribution in [0.2, 0.25) is 0 Å². The number of rotatable bonds is 8. The Hall–Kier alpha value is -0.710. The summed E-state index contributed by atoms with van der Waals surface area (Å²) in [4.78, 5) is 21.4. The van der Waals surface area contributed by atoms with E-state index in [9.17, 15) is 9.59 Å². The minimum Gasteiger partial charge on any atom is -0.481 e. The van der Waals surface area contributed by atoms with E-state index in [1.807, 2.05) is 13.8 Å². The third-order valence-corrected chi connectivity index (χ3v) is 2.61. The smallest absolute Gasteiger partial charge is 0.304 e. The van der Waals surface area contributed by atoms with Crippen molar-refractivity contribution in [2.24, 2.45) is 5.92 Å². The molecule has 0 aliphatic rings. The van der Waals surface area contributed by atoms with Crippen molar-refractivity contribution in [1.82, 2.24) is 5.32 Å². The van der Waals surface area contributed by atoms with Gasteiger partial charge in [-0.15, -0.1) is 0 Å². The molecular formula is C10H19NO3S. The summed E-state index contributed by atoms with van der Waals surface area (Å²) in [5.41, 5.74) is 0. The van der Waals surface area contributed by atoms with E-state index in [0.29, 0.717) is 24.6 Å². The van der Waals surface area contributed by atoms with E-state index in [1.54, 1.807) is 11.8 Å². The highest BCUT2D eigenvalue weighted by atomic mass is 32.2. The van der Waals surface area contributed by atoms with Gasteiger partial charge in [-0.05, 0) is 5.92 Å². The fourth-order valence-electron chi connectivity index (χ4n) is 0.967. The number of nitrogens with one attached hydrogen (secondary N) is 1. The van der Waals surface area contributed by atoms with E-state index >= 15 is 0 Å². The number of hydrogen-bond donors (Lipinski definition) is 2. The van der Waals surface area contributed by atoms with E-state index in [0.717, 1.165) is 5.75 Å². The van der Waals surface area contributed by atoms with Gasteiger partial charge in [0.2, 0.25) is 5.91 Å². The van der Waals surface area contributed by atoms with Crippen LogP contribution < -0.4 is 5.32 Å². The predicted molar refractivity (Wildman–Crippen MR) is 62.0 cm³/mol. The van der Waals surface area contributed by atoms with Gasteiger partial charge in [0.15, 0.2) is 0 Å². The second kappa shape index (κ2) is 8.59. The zero-order valence-corrected chi connectivity index (χ0v) is 10.1. The number of thioether (sulfide) groups is 1. The molecule has 0 aliphatic carbocycles. The SMILES string of the molecule is CC(C)CC(=O)NCCSCCC(=O)O. The lowest BCUT2D eigenvalue weighted by molar-refractivity contribution is -0.136. The molecule has 0 aliphatic heterocycles. The molecule has 0 rings (SSSR count). The molecule has 0 aromatic carbocycles. The molecule has 0 saturated heterocycles. The Bertz CT molecular complexity index is 207. The molecule has 0 spiro atoms. The summed E-state index contributed by atoms with van der Waals surface area (Å²) in [5, 5.41) is 11.2. The average molecular weight is 233 g/mol. The van der Waals surface area contributed by atoms with Gasteiger partial charge in [0.05, 0.1) is 6.42 Å². The van der Waals surface area contributed by atoms with Gasteiger partial charge in [-0.3, -0.25) is 9.59 Å². The third kappa shape index (κ3) is 11.2. The minimum absolute atomic E-state index is 0.0730. The van der Waals surface area contributed by atoms with Crippen molar-refractivity contribution < 1.29 is 14.7 Å². The summed E-state index contributed by atoms with van der Waals surface area (Å²) in [6.45, 7) is 4.62. The topological polar surface area (TPSA) is 66.4 Å². The maximum atomic E-state index is 11.2. The van der Waals surface area contributed by atoms with Gasteiger partial charge in [0.1, 0.15) is 0 Å². The Morgan fingerprint density at radius 1 is 1.33 bits per heavy atom. The zero-order valence-electron chi connectivity index (χ0n) is 9.28. The van der Waals surface area contributed by atoms with Crippen LogP contribution >= 0.6 is 11.8 Å². The highest BCUT2D eigenvalue weighted by molar-refractivity contribution is 7.99. The second-order valence-corrected chi connectivity index (χ2v) is 4.93. The summed E-state index contributed by atoms with van der Waals surface area (Å²) in [6, 6.07) is 0. The quantitative estimate of drug-likeness (QED) is 0.621. The molecule has 88 valence electrons. The van der Waals surface area contributed by atoms with Crippen LogP contribution in [-0.2, 0) is 9.59 Å². The number of hydrogen-bond acceptors (Lipinski definition) is 3. The molecule has 0 radical (unpaired) electrons. The van der Waals surface area contributed by atoms with E-state index in [2.05, 4.69) is 5.32 Å². The van der Waals surface area contributed by atoms with Crippen LogP contribution in [0.1, 0.15) is 26.7 Å². The lowest BCUT2D eigenvalue weighted by Crippen LogP contribution is -2.26. The number of aliphatic carboxylic acids is 1. The van der Waals surface area contributed by atoms with Crippen LogP contribution in [0.4, 0.5) is 0 Å². The lowest BCUT2D eigenvalue weighted by atomic mass is 10.1. The first-order chi connectivity index (χ1) is 7.02. The van der Waals surface area contributed by atoms with Crippen LogP contribution in [0.25, 0.3) is 0 Å². The van der Waals surface area contributed by atoms with Crippen molar-refractivity contribution in [2.45, 2.75) is 26.7 Å². The Kier molecular flexibility index (Phi) is 8.18. The van der Waals surface area contributed by atoms with E-state index < -0.39 is 5.97 Å². The highest BCUT2D eigenvalue weighted by Crippen LogP contribution is 2.01. The maximum Gasteiger partial charge on any atom is 0.304 e. The molecule has 1 amide bonds. The summed E-state index contributed by atoms with van der Waals surface area (Å²) in [5.74, 6) is 1.06. The normalized spacial score (nSPS) is 10.3. The standard InChI is InChI=1S/C10H19NO3S/c1-8(2)7-9(12)11-4-6-15-5-3-10(13)14/h8H,3-7H2,1-2H3,(H,11,12)(H,13,14). The maximum absolute atomic E-state index is 11.2. The first kappa shape index (κ1) is 14.3. The summed E-state index contributed by atoms with van der Waals surface area (Å²) in [6.07, 6.45) is 0.740. The van der Waals surface area contributed by atoms with Gasteiger partial charge in [0.25, 0.3) is 0 Å². The van der Waals surface area contributed by atoms with Gasteiger partial charge in [-0.2, -0.15) is 11.8 Å². The Labute approximate surface area is 94.8 Å². The van der Waals surface area contributed by atoms with Gasteiger partial charge in [0, 0.05) is 24.5 Å². The largest absolute Gasteiger partial charge is 0.481 e. The van der Waals surface area contributed by atoms with Gasteiger partial charge < -0.3 is 10.4 Å². The fraction of sp³-hybridized carbons (Fsp3) is 0.800. The Balaban J connectivity index is 3.24. The zero-order chi connectivity index (χ0) is 11.7. The molecule has 2 N–H and O–H groups in total. The van der Waals surface area contributed by atoms with E-state index in [1.165, 1.54) is 0 Å². The number of carboxylic acids is 1. The number of carboxylic acid groups (broad SMARTS) is 1.